The van der Waals surface area contributed by atoms with Crippen LogP contribution in [0.25, 0.3) is 0 Å². The summed E-state index contributed by atoms with van der Waals surface area (Å²) in [6.07, 6.45) is 0. The van der Waals surface area contributed by atoms with E-state index in [-0.39, 0.29) is 11.7 Å². The minimum absolute atomic E-state index is 0.121. The SMILES string of the molecule is O=C(Nc1ccccc1C(=O)N1CCOCC1)c1ccc(Br)o1. The van der Waals surface area contributed by atoms with Gasteiger partial charge in [0.15, 0.2) is 10.4 Å². The fraction of sp³-hybridized carbons (Fsp3) is 0.250. The third-order valence-corrected chi connectivity index (χ3v) is 3.93. The Bertz CT molecular complexity index is 722. The van der Waals surface area contributed by atoms with Crippen molar-refractivity contribution in [3.63, 3.8) is 0 Å². The summed E-state index contributed by atoms with van der Waals surface area (Å²) in [5, 5.41) is 2.73. The summed E-state index contributed by atoms with van der Waals surface area (Å²) in [6.45, 7) is 2.15. The predicted molar refractivity (Wildman–Crippen MR) is 87.5 cm³/mol. The molecule has 0 spiro atoms. The standard InChI is InChI=1S/C16H15BrN2O4/c17-14-6-5-13(23-14)15(20)18-12-4-2-1-3-11(12)16(21)19-7-9-22-10-8-19/h1-6H,7-10H2,(H,18,20). The van der Waals surface area contributed by atoms with Gasteiger partial charge in [0.05, 0.1) is 24.5 Å². The number of carbonyl (C=O) groups is 2. The van der Waals surface area contributed by atoms with Crippen molar-refractivity contribution in [2.75, 3.05) is 31.6 Å². The number of rotatable bonds is 3. The summed E-state index contributed by atoms with van der Waals surface area (Å²) in [7, 11) is 0. The van der Waals surface area contributed by atoms with E-state index in [9.17, 15) is 9.59 Å². The first-order chi connectivity index (χ1) is 11.1. The van der Waals surface area contributed by atoms with E-state index >= 15 is 0 Å². The number of carbonyl (C=O) groups excluding carboxylic acids is 2. The molecule has 1 aliphatic heterocycles. The Morgan fingerprint density at radius 1 is 1.09 bits per heavy atom. The lowest BCUT2D eigenvalue weighted by atomic mass is 10.1. The number of nitrogens with zero attached hydrogens (tertiary/aromatic N) is 1. The molecule has 1 aromatic heterocycles. The van der Waals surface area contributed by atoms with Crippen LogP contribution in [0.15, 0.2) is 45.5 Å². The molecule has 0 aliphatic carbocycles. The first kappa shape index (κ1) is 15.8. The highest BCUT2D eigenvalue weighted by Crippen LogP contribution is 2.20. The molecule has 0 bridgehead atoms. The first-order valence-corrected chi connectivity index (χ1v) is 7.97. The summed E-state index contributed by atoms with van der Waals surface area (Å²) < 4.78 is 11.0. The highest BCUT2D eigenvalue weighted by molar-refractivity contribution is 9.10. The van der Waals surface area contributed by atoms with Crippen molar-refractivity contribution in [3.05, 3.63) is 52.4 Å². The number of nitrogens with one attached hydrogen (secondary N) is 1. The molecule has 0 unspecified atom stereocenters. The van der Waals surface area contributed by atoms with E-state index in [1.165, 1.54) is 0 Å². The third kappa shape index (κ3) is 3.62. The minimum Gasteiger partial charge on any atom is -0.444 e. The maximum absolute atomic E-state index is 12.6. The van der Waals surface area contributed by atoms with E-state index in [1.807, 2.05) is 0 Å². The number of benzene rings is 1. The van der Waals surface area contributed by atoms with Crippen molar-refractivity contribution < 1.29 is 18.7 Å². The number of hydrogen-bond donors (Lipinski definition) is 1. The lowest BCUT2D eigenvalue weighted by Gasteiger charge is -2.27. The summed E-state index contributed by atoms with van der Waals surface area (Å²) in [4.78, 5) is 26.6. The van der Waals surface area contributed by atoms with Crippen molar-refractivity contribution in [2.45, 2.75) is 0 Å². The Labute approximate surface area is 141 Å². The van der Waals surface area contributed by atoms with Crippen LogP contribution < -0.4 is 5.32 Å². The van der Waals surface area contributed by atoms with E-state index < -0.39 is 5.91 Å². The van der Waals surface area contributed by atoms with Crippen LogP contribution in [0.5, 0.6) is 0 Å². The van der Waals surface area contributed by atoms with E-state index in [4.69, 9.17) is 9.15 Å². The molecule has 1 fully saturated rings. The number of anilines is 1. The Hall–Kier alpha value is -2.12. The van der Waals surface area contributed by atoms with Crippen molar-refractivity contribution in [2.24, 2.45) is 0 Å². The van der Waals surface area contributed by atoms with Crippen LogP contribution in [0.4, 0.5) is 5.69 Å². The van der Waals surface area contributed by atoms with Gasteiger partial charge in [0.1, 0.15) is 0 Å². The van der Waals surface area contributed by atoms with Gasteiger partial charge in [-0.2, -0.15) is 0 Å². The molecule has 2 aromatic rings. The first-order valence-electron chi connectivity index (χ1n) is 7.18. The number of morpholine rings is 1. The van der Waals surface area contributed by atoms with Gasteiger partial charge in [0.2, 0.25) is 0 Å². The van der Waals surface area contributed by atoms with E-state index in [1.54, 1.807) is 41.3 Å². The predicted octanol–water partition coefficient (Wildman–Crippen LogP) is 2.77. The van der Waals surface area contributed by atoms with Gasteiger partial charge >= 0.3 is 0 Å². The number of furan rings is 1. The molecule has 120 valence electrons. The molecule has 1 saturated heterocycles. The van der Waals surface area contributed by atoms with E-state index in [0.717, 1.165) is 0 Å². The zero-order valence-corrected chi connectivity index (χ0v) is 13.8. The van der Waals surface area contributed by atoms with Gasteiger partial charge in [-0.05, 0) is 40.2 Å². The van der Waals surface area contributed by atoms with Gasteiger partial charge in [-0.1, -0.05) is 12.1 Å². The fourth-order valence-corrected chi connectivity index (χ4v) is 2.64. The smallest absolute Gasteiger partial charge is 0.291 e. The molecule has 6 nitrogen and oxygen atoms in total. The number of hydrogen-bond acceptors (Lipinski definition) is 4. The highest BCUT2D eigenvalue weighted by atomic mass is 79.9. The average molecular weight is 379 g/mol. The monoisotopic (exact) mass is 378 g/mol. The zero-order chi connectivity index (χ0) is 16.2. The van der Waals surface area contributed by atoms with Crippen LogP contribution >= 0.6 is 15.9 Å². The van der Waals surface area contributed by atoms with Gasteiger partial charge in [0, 0.05) is 13.1 Å². The van der Waals surface area contributed by atoms with Crippen LogP contribution in [0.2, 0.25) is 0 Å². The Balaban J connectivity index is 1.80. The molecule has 1 N–H and O–H groups in total. The number of halogens is 1. The second-order valence-electron chi connectivity index (χ2n) is 5.01. The van der Waals surface area contributed by atoms with Crippen molar-refractivity contribution in [1.29, 1.82) is 0 Å². The topological polar surface area (TPSA) is 71.8 Å². The van der Waals surface area contributed by atoms with Crippen molar-refractivity contribution in [3.8, 4) is 0 Å². The van der Waals surface area contributed by atoms with E-state index in [2.05, 4.69) is 21.2 Å². The van der Waals surface area contributed by atoms with Crippen LogP contribution in [-0.4, -0.2) is 43.0 Å². The lowest BCUT2D eigenvalue weighted by molar-refractivity contribution is 0.0303. The molecular weight excluding hydrogens is 364 g/mol. The summed E-state index contributed by atoms with van der Waals surface area (Å²) in [5.41, 5.74) is 0.912. The molecule has 0 saturated carbocycles. The molecule has 23 heavy (non-hydrogen) atoms. The lowest BCUT2D eigenvalue weighted by Crippen LogP contribution is -2.41. The molecule has 1 aliphatic rings. The largest absolute Gasteiger partial charge is 0.444 e. The zero-order valence-electron chi connectivity index (χ0n) is 12.3. The minimum atomic E-state index is -0.405. The van der Waals surface area contributed by atoms with Gasteiger partial charge < -0.3 is 19.4 Å². The Kier molecular flexibility index (Phi) is 4.78. The molecule has 3 rings (SSSR count). The number of para-hydroxylation sites is 1. The van der Waals surface area contributed by atoms with Crippen LogP contribution in [0.1, 0.15) is 20.9 Å². The van der Waals surface area contributed by atoms with Gasteiger partial charge in [-0.25, -0.2) is 0 Å². The third-order valence-electron chi connectivity index (χ3n) is 3.50. The van der Waals surface area contributed by atoms with Gasteiger partial charge in [-0.3, -0.25) is 9.59 Å². The van der Waals surface area contributed by atoms with Gasteiger partial charge in [-0.15, -0.1) is 0 Å². The highest BCUT2D eigenvalue weighted by Gasteiger charge is 2.22. The molecule has 7 heteroatoms. The summed E-state index contributed by atoms with van der Waals surface area (Å²) in [6, 6.07) is 10.1. The quantitative estimate of drug-likeness (QED) is 0.890. The fourth-order valence-electron chi connectivity index (χ4n) is 2.34. The van der Waals surface area contributed by atoms with Crippen molar-refractivity contribution >= 4 is 33.4 Å². The maximum atomic E-state index is 12.6. The molecular formula is C16H15BrN2O4. The number of ether oxygens (including phenoxy) is 1. The molecule has 0 atom stereocenters. The summed E-state index contributed by atoms with van der Waals surface area (Å²) >= 11 is 3.16. The molecule has 2 heterocycles. The molecule has 2 amide bonds. The second kappa shape index (κ2) is 6.97. The Morgan fingerprint density at radius 2 is 1.83 bits per heavy atom. The molecule has 1 aromatic carbocycles. The normalized spacial score (nSPS) is 14.6. The van der Waals surface area contributed by atoms with Crippen LogP contribution in [0, 0.1) is 0 Å². The Morgan fingerprint density at radius 3 is 2.52 bits per heavy atom. The van der Waals surface area contributed by atoms with Crippen LogP contribution in [-0.2, 0) is 4.74 Å². The average Bonchev–Trinajstić information content (AvgIpc) is 3.02. The van der Waals surface area contributed by atoms with Gasteiger partial charge in [0.25, 0.3) is 11.8 Å². The summed E-state index contributed by atoms with van der Waals surface area (Å²) in [5.74, 6) is -0.353. The second-order valence-corrected chi connectivity index (χ2v) is 5.79. The van der Waals surface area contributed by atoms with E-state index in [0.29, 0.717) is 42.2 Å². The van der Waals surface area contributed by atoms with Crippen molar-refractivity contribution in [1.82, 2.24) is 4.90 Å². The maximum Gasteiger partial charge on any atom is 0.291 e. The number of amides is 2. The molecule has 0 radical (unpaired) electrons. The van der Waals surface area contributed by atoms with Crippen LogP contribution in [0.3, 0.4) is 0 Å².